The molecular formula is C9H20O4S2. The summed E-state index contributed by atoms with van der Waals surface area (Å²) < 4.78 is -0.170. The molecule has 0 saturated heterocycles. The van der Waals surface area contributed by atoms with Crippen molar-refractivity contribution in [3.8, 4) is 0 Å². The molecule has 0 aliphatic heterocycles. The van der Waals surface area contributed by atoms with Gasteiger partial charge in [0.2, 0.25) is 0 Å². The van der Waals surface area contributed by atoms with E-state index in [9.17, 15) is 15.3 Å². The van der Waals surface area contributed by atoms with Gasteiger partial charge in [-0.15, -0.1) is 23.5 Å². The van der Waals surface area contributed by atoms with Crippen LogP contribution in [0.5, 0.6) is 0 Å². The molecule has 0 aromatic heterocycles. The van der Waals surface area contributed by atoms with Crippen LogP contribution in [0.3, 0.4) is 0 Å². The molecule has 4 N–H and O–H groups in total. The molecule has 3 atom stereocenters. The number of hydrogen-bond donors (Lipinski definition) is 4. The monoisotopic (exact) mass is 256 g/mol. The zero-order valence-corrected chi connectivity index (χ0v) is 10.7. The maximum absolute atomic E-state index is 9.78. The molecule has 15 heavy (non-hydrogen) atoms. The average molecular weight is 256 g/mol. The van der Waals surface area contributed by atoms with E-state index in [1.807, 2.05) is 13.8 Å². The zero-order valence-electron chi connectivity index (χ0n) is 9.04. The smallest absolute Gasteiger partial charge is 0.110 e. The summed E-state index contributed by atoms with van der Waals surface area (Å²) >= 11 is 3.05. The molecule has 0 fully saturated rings. The van der Waals surface area contributed by atoms with E-state index in [4.69, 9.17) is 5.11 Å². The van der Waals surface area contributed by atoms with Gasteiger partial charge in [0.15, 0.2) is 0 Å². The van der Waals surface area contributed by atoms with Gasteiger partial charge in [-0.1, -0.05) is 13.8 Å². The highest BCUT2D eigenvalue weighted by Gasteiger charge is 2.30. The van der Waals surface area contributed by atoms with Gasteiger partial charge in [0.1, 0.15) is 18.3 Å². The Morgan fingerprint density at radius 1 is 0.933 bits per heavy atom. The van der Waals surface area contributed by atoms with E-state index in [0.29, 0.717) is 0 Å². The zero-order chi connectivity index (χ0) is 11.8. The highest BCUT2D eigenvalue weighted by Crippen LogP contribution is 2.28. The molecule has 0 aliphatic rings. The van der Waals surface area contributed by atoms with E-state index in [1.165, 1.54) is 23.5 Å². The van der Waals surface area contributed by atoms with Gasteiger partial charge in [-0.3, -0.25) is 0 Å². The Bertz CT molecular complexity index is 153. The molecule has 0 spiro atoms. The van der Waals surface area contributed by atoms with Crippen molar-refractivity contribution in [2.24, 2.45) is 0 Å². The molecule has 0 saturated carbocycles. The number of rotatable bonds is 8. The molecular weight excluding hydrogens is 236 g/mol. The molecule has 0 aromatic rings. The molecule has 0 amide bonds. The van der Waals surface area contributed by atoms with Crippen LogP contribution in [0.25, 0.3) is 0 Å². The lowest BCUT2D eigenvalue weighted by Crippen LogP contribution is -2.44. The van der Waals surface area contributed by atoms with Crippen LogP contribution in [-0.4, -0.2) is 61.4 Å². The molecule has 0 bridgehead atoms. The maximum atomic E-state index is 9.78. The topological polar surface area (TPSA) is 80.9 Å². The number of aliphatic hydroxyl groups is 4. The van der Waals surface area contributed by atoms with Crippen LogP contribution in [0.4, 0.5) is 0 Å². The molecule has 0 radical (unpaired) electrons. The summed E-state index contributed by atoms with van der Waals surface area (Å²) in [4.78, 5) is 0. The second kappa shape index (κ2) is 8.66. The van der Waals surface area contributed by atoms with Crippen LogP contribution in [0, 0.1) is 0 Å². The van der Waals surface area contributed by atoms with Crippen LogP contribution in [0.1, 0.15) is 13.8 Å². The molecule has 0 rings (SSSR count). The lowest BCUT2D eigenvalue weighted by atomic mass is 10.1. The lowest BCUT2D eigenvalue weighted by Gasteiger charge is -2.27. The Labute approximate surface area is 99.1 Å². The molecule has 0 aromatic carbocycles. The highest BCUT2D eigenvalue weighted by molar-refractivity contribution is 8.17. The second-order valence-corrected chi connectivity index (χ2v) is 6.15. The minimum absolute atomic E-state index is 0.170. The third-order valence-corrected chi connectivity index (χ3v) is 4.57. The van der Waals surface area contributed by atoms with Crippen molar-refractivity contribution in [1.82, 2.24) is 0 Å². The van der Waals surface area contributed by atoms with E-state index in [1.54, 1.807) is 0 Å². The summed E-state index contributed by atoms with van der Waals surface area (Å²) in [5.74, 6) is 1.66. The normalized spacial score (nSPS) is 17.8. The fourth-order valence-corrected chi connectivity index (χ4v) is 3.65. The lowest BCUT2D eigenvalue weighted by molar-refractivity contribution is -0.0706. The standard InChI is InChI=1S/C9H20O4S2/c1-3-14-9(15-4-2)8(13)7(12)6(11)5-10/h6-13H,3-5H2,1-2H3/t6-,7-,8+/m1/s1. The van der Waals surface area contributed by atoms with E-state index < -0.39 is 24.9 Å². The third kappa shape index (κ3) is 5.42. The minimum atomic E-state index is -1.29. The Balaban J connectivity index is 4.26. The molecule has 6 heteroatoms. The van der Waals surface area contributed by atoms with E-state index >= 15 is 0 Å². The summed E-state index contributed by atoms with van der Waals surface area (Å²) in [6, 6.07) is 0. The van der Waals surface area contributed by atoms with E-state index in [0.717, 1.165) is 11.5 Å². The van der Waals surface area contributed by atoms with Gasteiger partial charge in [0.25, 0.3) is 0 Å². The summed E-state index contributed by atoms with van der Waals surface area (Å²) in [5.41, 5.74) is 0. The SMILES string of the molecule is CCSC(SCC)[C@@H](O)[C@H](O)[C@H](O)CO. The Kier molecular flexibility index (Phi) is 8.98. The van der Waals surface area contributed by atoms with Crippen molar-refractivity contribution in [3.05, 3.63) is 0 Å². The summed E-state index contributed by atoms with van der Waals surface area (Å²) in [7, 11) is 0. The van der Waals surface area contributed by atoms with Crippen LogP contribution in [0.2, 0.25) is 0 Å². The van der Waals surface area contributed by atoms with Gasteiger partial charge in [-0.05, 0) is 11.5 Å². The van der Waals surface area contributed by atoms with Gasteiger partial charge in [0.05, 0.1) is 11.2 Å². The van der Waals surface area contributed by atoms with Crippen molar-refractivity contribution in [2.45, 2.75) is 36.7 Å². The summed E-state index contributed by atoms with van der Waals surface area (Å²) in [6.45, 7) is 3.39. The van der Waals surface area contributed by atoms with Crippen LogP contribution in [0.15, 0.2) is 0 Å². The molecule has 0 unspecified atom stereocenters. The Hall–Kier alpha value is 0.540. The van der Waals surface area contributed by atoms with E-state index in [-0.39, 0.29) is 4.58 Å². The summed E-state index contributed by atoms with van der Waals surface area (Å²) in [5, 5.41) is 37.2. The maximum Gasteiger partial charge on any atom is 0.110 e. The van der Waals surface area contributed by atoms with Crippen molar-refractivity contribution in [1.29, 1.82) is 0 Å². The van der Waals surface area contributed by atoms with Gasteiger partial charge in [-0.2, -0.15) is 0 Å². The average Bonchev–Trinajstić information content (AvgIpc) is 2.25. The second-order valence-electron chi connectivity index (χ2n) is 3.01. The Morgan fingerprint density at radius 2 is 1.40 bits per heavy atom. The molecule has 4 nitrogen and oxygen atoms in total. The van der Waals surface area contributed by atoms with Gasteiger partial charge < -0.3 is 20.4 Å². The first kappa shape index (κ1) is 15.5. The van der Waals surface area contributed by atoms with Crippen molar-refractivity contribution in [2.75, 3.05) is 18.1 Å². The highest BCUT2D eigenvalue weighted by atomic mass is 32.2. The Morgan fingerprint density at radius 3 is 1.73 bits per heavy atom. The summed E-state index contributed by atoms with van der Waals surface area (Å²) in [6.07, 6.45) is -3.60. The first-order chi connectivity index (χ1) is 7.08. The largest absolute Gasteiger partial charge is 0.394 e. The minimum Gasteiger partial charge on any atom is -0.394 e. The third-order valence-electron chi connectivity index (χ3n) is 1.87. The first-order valence-corrected chi connectivity index (χ1v) is 7.06. The van der Waals surface area contributed by atoms with Crippen LogP contribution < -0.4 is 0 Å². The quantitative estimate of drug-likeness (QED) is 0.454. The number of hydrogen-bond acceptors (Lipinski definition) is 6. The van der Waals surface area contributed by atoms with Crippen molar-refractivity contribution < 1.29 is 20.4 Å². The van der Waals surface area contributed by atoms with Gasteiger partial charge in [-0.25, -0.2) is 0 Å². The van der Waals surface area contributed by atoms with Crippen LogP contribution in [-0.2, 0) is 0 Å². The van der Waals surface area contributed by atoms with Gasteiger partial charge >= 0.3 is 0 Å². The fourth-order valence-electron chi connectivity index (χ4n) is 1.07. The van der Waals surface area contributed by atoms with Crippen LogP contribution >= 0.6 is 23.5 Å². The molecule has 0 aliphatic carbocycles. The predicted octanol–water partition coefficient (Wildman–Crippen LogP) is -0.106. The predicted molar refractivity (Wildman–Crippen MR) is 65.2 cm³/mol. The van der Waals surface area contributed by atoms with Crippen molar-refractivity contribution in [3.63, 3.8) is 0 Å². The molecule has 0 heterocycles. The first-order valence-electron chi connectivity index (χ1n) is 4.96. The number of thioether (sulfide) groups is 2. The van der Waals surface area contributed by atoms with E-state index in [2.05, 4.69) is 0 Å². The van der Waals surface area contributed by atoms with Crippen molar-refractivity contribution >= 4 is 23.5 Å². The number of aliphatic hydroxyl groups excluding tert-OH is 4. The fraction of sp³-hybridized carbons (Fsp3) is 1.00. The molecule has 92 valence electrons. The van der Waals surface area contributed by atoms with Gasteiger partial charge in [0, 0.05) is 0 Å².